The van der Waals surface area contributed by atoms with Gasteiger partial charge in [-0.1, -0.05) is 6.92 Å². The van der Waals surface area contributed by atoms with Crippen LogP contribution in [0.1, 0.15) is 19.4 Å². The number of aromatic amines is 1. The van der Waals surface area contributed by atoms with Gasteiger partial charge < -0.3 is 10.3 Å². The minimum Gasteiger partial charge on any atom is -0.370 e. The molecule has 0 aromatic carbocycles. The molecule has 0 aliphatic carbocycles. The van der Waals surface area contributed by atoms with E-state index in [2.05, 4.69) is 42.1 Å². The van der Waals surface area contributed by atoms with Crippen molar-refractivity contribution in [3.05, 3.63) is 24.5 Å². The van der Waals surface area contributed by atoms with Crippen LogP contribution in [0.5, 0.6) is 0 Å². The molecule has 8 heteroatoms. The molecule has 0 fully saturated rings. The van der Waals surface area contributed by atoms with Crippen molar-refractivity contribution in [2.45, 2.75) is 30.3 Å². The summed E-state index contributed by atoms with van der Waals surface area (Å²) in [5.74, 6) is 0.882. The van der Waals surface area contributed by atoms with Crippen molar-refractivity contribution in [1.82, 2.24) is 29.9 Å². The van der Waals surface area contributed by atoms with Crippen molar-refractivity contribution in [3.63, 3.8) is 0 Å². The molecule has 0 unspecified atom stereocenters. The highest BCUT2D eigenvalue weighted by Gasteiger charge is 2.14. The Morgan fingerprint density at radius 1 is 1.05 bits per heavy atom. The molecule has 108 valence electrons. The van der Waals surface area contributed by atoms with Gasteiger partial charge in [-0.25, -0.2) is 24.9 Å². The number of imidazole rings is 1. The number of nitrogens with zero attached hydrogens (tertiary/aromatic N) is 5. The summed E-state index contributed by atoms with van der Waals surface area (Å²) in [5.41, 5.74) is 2.58. The van der Waals surface area contributed by atoms with Gasteiger partial charge in [0.25, 0.3) is 0 Å². The monoisotopic (exact) mass is 301 g/mol. The number of hydrogen-bond acceptors (Lipinski definition) is 7. The predicted molar refractivity (Wildman–Crippen MR) is 81.4 cm³/mol. The summed E-state index contributed by atoms with van der Waals surface area (Å²) in [6, 6.07) is 0. The first-order valence-electron chi connectivity index (χ1n) is 6.73. The largest absolute Gasteiger partial charge is 0.370 e. The lowest BCUT2D eigenvalue weighted by molar-refractivity contribution is 0.934. The van der Waals surface area contributed by atoms with Crippen LogP contribution in [0.3, 0.4) is 0 Å². The fourth-order valence-corrected chi connectivity index (χ4v) is 3.03. The molecule has 0 aliphatic rings. The number of H-pyrrole nitrogens is 1. The summed E-state index contributed by atoms with van der Waals surface area (Å²) < 4.78 is 0. The summed E-state index contributed by atoms with van der Waals surface area (Å²) in [6.45, 7) is 4.97. The Morgan fingerprint density at radius 3 is 2.67 bits per heavy atom. The molecule has 21 heavy (non-hydrogen) atoms. The Labute approximate surface area is 126 Å². The van der Waals surface area contributed by atoms with Crippen LogP contribution in [0.4, 0.5) is 5.82 Å². The second kappa shape index (κ2) is 6.04. The summed E-state index contributed by atoms with van der Waals surface area (Å²) in [5, 5.41) is 4.98. The van der Waals surface area contributed by atoms with Crippen molar-refractivity contribution in [3.8, 4) is 0 Å². The van der Waals surface area contributed by atoms with Crippen molar-refractivity contribution >= 4 is 28.7 Å². The number of rotatable bonds is 5. The quantitative estimate of drug-likeness (QED) is 0.698. The van der Waals surface area contributed by atoms with Crippen LogP contribution in [-0.4, -0.2) is 36.4 Å². The van der Waals surface area contributed by atoms with Gasteiger partial charge in [0, 0.05) is 12.1 Å². The molecule has 3 rings (SSSR count). The molecule has 0 saturated carbocycles. The highest BCUT2D eigenvalue weighted by molar-refractivity contribution is 7.99. The third-order valence-corrected chi connectivity index (χ3v) is 4.03. The molecule has 0 amide bonds. The van der Waals surface area contributed by atoms with Crippen molar-refractivity contribution < 1.29 is 0 Å². The molecule has 0 spiro atoms. The van der Waals surface area contributed by atoms with Crippen LogP contribution in [0.2, 0.25) is 0 Å². The standard InChI is InChI=1S/C13H15N7S/c1-3-8-10(14-4-2)16-6-19-12(8)21-13-9-11(17-5-15-9)18-7-20-13/h5-7H,3-4H2,1-2H3,(H,14,16,19)(H,15,17,18,20). The first-order chi connectivity index (χ1) is 10.3. The molecular formula is C13H15N7S. The minimum atomic E-state index is 0.659. The first kappa shape index (κ1) is 13.7. The second-order valence-electron chi connectivity index (χ2n) is 4.27. The second-order valence-corrected chi connectivity index (χ2v) is 5.25. The van der Waals surface area contributed by atoms with E-state index in [1.807, 2.05) is 6.92 Å². The maximum Gasteiger partial charge on any atom is 0.181 e. The fourth-order valence-electron chi connectivity index (χ4n) is 2.03. The lowest BCUT2D eigenvalue weighted by atomic mass is 10.2. The van der Waals surface area contributed by atoms with Gasteiger partial charge in [-0.05, 0) is 25.1 Å². The van der Waals surface area contributed by atoms with Gasteiger partial charge in [-0.2, -0.15) is 0 Å². The van der Waals surface area contributed by atoms with Gasteiger partial charge >= 0.3 is 0 Å². The Kier molecular flexibility index (Phi) is 3.96. The van der Waals surface area contributed by atoms with Crippen LogP contribution < -0.4 is 5.32 Å². The number of fused-ring (bicyclic) bond motifs is 1. The van der Waals surface area contributed by atoms with E-state index in [4.69, 9.17) is 0 Å². The van der Waals surface area contributed by atoms with E-state index in [-0.39, 0.29) is 0 Å². The summed E-state index contributed by atoms with van der Waals surface area (Å²) >= 11 is 1.50. The van der Waals surface area contributed by atoms with E-state index in [0.29, 0.717) is 5.65 Å². The number of anilines is 1. The zero-order chi connectivity index (χ0) is 14.7. The van der Waals surface area contributed by atoms with Crippen LogP contribution in [0.25, 0.3) is 11.2 Å². The fraction of sp³-hybridized carbons (Fsp3) is 0.308. The molecule has 2 N–H and O–H groups in total. The molecule has 0 atom stereocenters. The molecular weight excluding hydrogens is 286 g/mol. The van der Waals surface area contributed by atoms with E-state index in [9.17, 15) is 0 Å². The average molecular weight is 301 g/mol. The summed E-state index contributed by atoms with van der Waals surface area (Å²) in [6.07, 6.45) is 5.56. The number of hydrogen-bond donors (Lipinski definition) is 2. The Hall–Kier alpha value is -2.22. The van der Waals surface area contributed by atoms with Crippen molar-refractivity contribution in [2.24, 2.45) is 0 Å². The van der Waals surface area contributed by atoms with Gasteiger partial charge in [-0.15, -0.1) is 0 Å². The van der Waals surface area contributed by atoms with E-state index < -0.39 is 0 Å². The van der Waals surface area contributed by atoms with Crippen molar-refractivity contribution in [1.29, 1.82) is 0 Å². The molecule has 3 heterocycles. The molecule has 0 aliphatic heterocycles. The zero-order valence-corrected chi connectivity index (χ0v) is 12.6. The Balaban J connectivity index is 2.01. The van der Waals surface area contributed by atoms with Gasteiger partial charge in [-0.3, -0.25) is 0 Å². The zero-order valence-electron chi connectivity index (χ0n) is 11.8. The van der Waals surface area contributed by atoms with E-state index in [0.717, 1.165) is 39.9 Å². The molecule has 7 nitrogen and oxygen atoms in total. The third kappa shape index (κ3) is 2.66. The molecule has 0 radical (unpaired) electrons. The lowest BCUT2D eigenvalue weighted by Gasteiger charge is -2.11. The highest BCUT2D eigenvalue weighted by atomic mass is 32.2. The lowest BCUT2D eigenvalue weighted by Crippen LogP contribution is -2.05. The van der Waals surface area contributed by atoms with E-state index in [1.165, 1.54) is 18.1 Å². The van der Waals surface area contributed by atoms with Crippen LogP contribution >= 0.6 is 11.8 Å². The van der Waals surface area contributed by atoms with E-state index >= 15 is 0 Å². The smallest absolute Gasteiger partial charge is 0.181 e. The maximum atomic E-state index is 4.40. The van der Waals surface area contributed by atoms with Crippen LogP contribution in [0, 0.1) is 0 Å². The number of nitrogens with one attached hydrogen (secondary N) is 2. The maximum absolute atomic E-state index is 4.40. The SMILES string of the molecule is CCNc1ncnc(Sc2ncnc3nc[nH]c23)c1CC. The summed E-state index contributed by atoms with van der Waals surface area (Å²) in [4.78, 5) is 24.4. The Bertz CT molecular complexity index is 755. The van der Waals surface area contributed by atoms with Gasteiger partial charge in [0.2, 0.25) is 0 Å². The topological polar surface area (TPSA) is 92.3 Å². The van der Waals surface area contributed by atoms with Gasteiger partial charge in [0.15, 0.2) is 5.65 Å². The van der Waals surface area contributed by atoms with Crippen molar-refractivity contribution in [2.75, 3.05) is 11.9 Å². The molecule has 3 aromatic rings. The van der Waals surface area contributed by atoms with Gasteiger partial charge in [0.05, 0.1) is 6.33 Å². The third-order valence-electron chi connectivity index (χ3n) is 2.99. The minimum absolute atomic E-state index is 0.659. The highest BCUT2D eigenvalue weighted by Crippen LogP contribution is 2.32. The number of aromatic nitrogens is 6. The van der Waals surface area contributed by atoms with Crippen LogP contribution in [0.15, 0.2) is 29.0 Å². The predicted octanol–water partition coefficient (Wildman–Crippen LogP) is 2.29. The molecule has 0 bridgehead atoms. The average Bonchev–Trinajstić information content (AvgIpc) is 2.97. The summed E-state index contributed by atoms with van der Waals surface area (Å²) in [7, 11) is 0. The molecule has 3 aromatic heterocycles. The van der Waals surface area contributed by atoms with Gasteiger partial charge in [0.1, 0.15) is 34.0 Å². The molecule has 0 saturated heterocycles. The Morgan fingerprint density at radius 2 is 1.86 bits per heavy atom. The van der Waals surface area contributed by atoms with E-state index in [1.54, 1.807) is 12.7 Å². The van der Waals surface area contributed by atoms with Crippen LogP contribution in [-0.2, 0) is 6.42 Å². The normalized spacial score (nSPS) is 11.0. The first-order valence-corrected chi connectivity index (χ1v) is 7.54.